The summed E-state index contributed by atoms with van der Waals surface area (Å²) in [6.07, 6.45) is 2.15. The van der Waals surface area contributed by atoms with E-state index in [2.05, 4.69) is 36.6 Å². The lowest BCUT2D eigenvalue weighted by atomic mass is 10.2. The maximum absolute atomic E-state index is 12.1. The van der Waals surface area contributed by atoms with Crippen LogP contribution in [0, 0.1) is 6.92 Å². The molecule has 1 atom stereocenters. The Morgan fingerprint density at radius 3 is 2.47 bits per heavy atom. The smallest absolute Gasteiger partial charge is 0.241 e. The topological polar surface area (TPSA) is 63.2 Å². The number of benzene rings is 1. The standard InChI is InChI=1S/C11H15Br2NO3S2/c1-8-6-10(13)11(7-9(8)12)19(16,17)14-4-3-5-18(2)15/h6-7,14H,3-5H2,1-2H3. The second-order valence-electron chi connectivity index (χ2n) is 4.06. The molecule has 0 fully saturated rings. The van der Waals surface area contributed by atoms with Crippen molar-refractivity contribution in [2.45, 2.75) is 18.2 Å². The molecule has 1 aromatic carbocycles. The Bertz CT molecular complexity index is 588. The van der Waals surface area contributed by atoms with E-state index in [0.717, 1.165) is 10.0 Å². The molecular weight excluding hydrogens is 418 g/mol. The van der Waals surface area contributed by atoms with Gasteiger partial charge < -0.3 is 0 Å². The minimum atomic E-state index is -3.55. The van der Waals surface area contributed by atoms with E-state index in [4.69, 9.17) is 0 Å². The molecule has 0 saturated carbocycles. The molecular formula is C11H15Br2NO3S2. The number of hydrogen-bond donors (Lipinski definition) is 1. The molecule has 0 radical (unpaired) electrons. The monoisotopic (exact) mass is 431 g/mol. The number of sulfonamides is 1. The quantitative estimate of drug-likeness (QED) is 0.702. The first kappa shape index (κ1) is 17.3. The fraction of sp³-hybridized carbons (Fsp3) is 0.455. The second kappa shape index (κ2) is 7.31. The first-order valence-electron chi connectivity index (χ1n) is 5.49. The molecule has 4 nitrogen and oxygen atoms in total. The molecule has 0 aliphatic rings. The van der Waals surface area contributed by atoms with Gasteiger partial charge in [-0.15, -0.1) is 0 Å². The Morgan fingerprint density at radius 2 is 1.89 bits per heavy atom. The van der Waals surface area contributed by atoms with Gasteiger partial charge in [-0.3, -0.25) is 4.21 Å². The first-order chi connectivity index (χ1) is 8.74. The van der Waals surface area contributed by atoms with Gasteiger partial charge in [0.25, 0.3) is 0 Å². The van der Waals surface area contributed by atoms with Crippen molar-refractivity contribution in [3.05, 3.63) is 26.6 Å². The molecule has 0 heterocycles. The van der Waals surface area contributed by atoms with Crippen LogP contribution in [0.3, 0.4) is 0 Å². The van der Waals surface area contributed by atoms with Gasteiger partial charge in [0.2, 0.25) is 10.0 Å². The Morgan fingerprint density at radius 1 is 1.26 bits per heavy atom. The van der Waals surface area contributed by atoms with E-state index in [1.165, 1.54) is 0 Å². The molecule has 0 amide bonds. The summed E-state index contributed by atoms with van der Waals surface area (Å²) in [7, 11) is -4.46. The van der Waals surface area contributed by atoms with Crippen LogP contribution in [0.1, 0.15) is 12.0 Å². The van der Waals surface area contributed by atoms with Crippen LogP contribution in [-0.4, -0.2) is 31.2 Å². The van der Waals surface area contributed by atoms with E-state index in [1.807, 2.05) is 6.92 Å². The van der Waals surface area contributed by atoms with E-state index in [-0.39, 0.29) is 11.4 Å². The van der Waals surface area contributed by atoms with Gasteiger partial charge in [-0.05, 0) is 47.0 Å². The van der Waals surface area contributed by atoms with Crippen LogP contribution in [0.25, 0.3) is 0 Å². The number of nitrogens with one attached hydrogen (secondary N) is 1. The fourth-order valence-electron chi connectivity index (χ4n) is 1.39. The Labute approximate surface area is 133 Å². The lowest BCUT2D eigenvalue weighted by Crippen LogP contribution is -2.26. The molecule has 1 rings (SSSR count). The zero-order valence-electron chi connectivity index (χ0n) is 10.6. The van der Waals surface area contributed by atoms with Gasteiger partial charge in [0.05, 0.1) is 4.90 Å². The highest BCUT2D eigenvalue weighted by Gasteiger charge is 2.18. The minimum Gasteiger partial charge on any atom is -0.260 e. The van der Waals surface area contributed by atoms with Crippen molar-refractivity contribution in [3.63, 3.8) is 0 Å². The van der Waals surface area contributed by atoms with Crippen molar-refractivity contribution < 1.29 is 12.6 Å². The highest BCUT2D eigenvalue weighted by atomic mass is 79.9. The molecule has 0 bridgehead atoms. The third kappa shape index (κ3) is 5.26. The predicted octanol–water partition coefficient (Wildman–Crippen LogP) is 2.57. The van der Waals surface area contributed by atoms with Crippen LogP contribution in [-0.2, 0) is 20.8 Å². The maximum Gasteiger partial charge on any atom is 0.241 e. The van der Waals surface area contributed by atoms with Gasteiger partial charge in [0.15, 0.2) is 0 Å². The van der Waals surface area contributed by atoms with E-state index < -0.39 is 20.8 Å². The summed E-state index contributed by atoms with van der Waals surface area (Å²) in [4.78, 5) is 0.197. The number of aryl methyl sites for hydroxylation is 1. The van der Waals surface area contributed by atoms with Crippen molar-refractivity contribution in [2.24, 2.45) is 0 Å². The molecule has 1 N–H and O–H groups in total. The summed E-state index contributed by atoms with van der Waals surface area (Å²) in [5, 5.41) is 0. The van der Waals surface area contributed by atoms with Crippen molar-refractivity contribution in [1.29, 1.82) is 0 Å². The summed E-state index contributed by atoms with van der Waals surface area (Å²) in [5.74, 6) is 0.487. The molecule has 0 aliphatic heterocycles. The molecule has 19 heavy (non-hydrogen) atoms. The molecule has 0 aliphatic carbocycles. The third-order valence-electron chi connectivity index (χ3n) is 2.40. The molecule has 0 aromatic heterocycles. The summed E-state index contributed by atoms with van der Waals surface area (Å²) < 4.78 is 38.9. The molecule has 0 saturated heterocycles. The van der Waals surface area contributed by atoms with E-state index in [1.54, 1.807) is 18.4 Å². The van der Waals surface area contributed by atoms with Crippen molar-refractivity contribution in [3.8, 4) is 0 Å². The highest BCUT2D eigenvalue weighted by Crippen LogP contribution is 2.28. The molecule has 0 spiro atoms. The van der Waals surface area contributed by atoms with Crippen molar-refractivity contribution >= 4 is 52.7 Å². The average Bonchev–Trinajstić information content (AvgIpc) is 2.29. The summed E-state index contributed by atoms with van der Waals surface area (Å²) in [6.45, 7) is 2.16. The lowest BCUT2D eigenvalue weighted by molar-refractivity contribution is 0.580. The highest BCUT2D eigenvalue weighted by molar-refractivity contribution is 9.11. The van der Waals surface area contributed by atoms with E-state index in [9.17, 15) is 12.6 Å². The Hall–Kier alpha value is 0.240. The molecule has 1 aromatic rings. The van der Waals surface area contributed by atoms with Crippen molar-refractivity contribution in [2.75, 3.05) is 18.6 Å². The minimum absolute atomic E-state index is 0.197. The predicted molar refractivity (Wildman–Crippen MR) is 85.3 cm³/mol. The number of rotatable bonds is 6. The van der Waals surface area contributed by atoms with Crippen LogP contribution in [0.4, 0.5) is 0 Å². The van der Waals surface area contributed by atoms with Crippen molar-refractivity contribution in [1.82, 2.24) is 4.72 Å². The Balaban J connectivity index is 2.83. The van der Waals surface area contributed by atoms with Crippen LogP contribution in [0.5, 0.6) is 0 Å². The maximum atomic E-state index is 12.1. The van der Waals surface area contributed by atoms with E-state index >= 15 is 0 Å². The summed E-state index contributed by atoms with van der Waals surface area (Å²) in [6, 6.07) is 3.32. The molecule has 8 heteroatoms. The zero-order chi connectivity index (χ0) is 14.6. The van der Waals surface area contributed by atoms with Crippen LogP contribution >= 0.6 is 31.9 Å². The zero-order valence-corrected chi connectivity index (χ0v) is 15.4. The fourth-order valence-corrected chi connectivity index (χ4v) is 4.69. The normalized spacial score (nSPS) is 13.5. The third-order valence-corrected chi connectivity index (χ3v) is 6.54. The number of halogens is 2. The van der Waals surface area contributed by atoms with Gasteiger partial charge in [0.1, 0.15) is 0 Å². The largest absolute Gasteiger partial charge is 0.260 e. The van der Waals surface area contributed by atoms with Gasteiger partial charge in [-0.2, -0.15) is 0 Å². The average molecular weight is 433 g/mol. The first-order valence-corrected chi connectivity index (χ1v) is 10.3. The van der Waals surface area contributed by atoms with Gasteiger partial charge in [-0.1, -0.05) is 15.9 Å². The van der Waals surface area contributed by atoms with Crippen LogP contribution < -0.4 is 4.72 Å². The van der Waals surface area contributed by atoms with Crippen LogP contribution in [0.2, 0.25) is 0 Å². The molecule has 1 unspecified atom stereocenters. The summed E-state index contributed by atoms with van der Waals surface area (Å²) >= 11 is 6.58. The van der Waals surface area contributed by atoms with Gasteiger partial charge in [0, 0.05) is 38.3 Å². The Kier molecular flexibility index (Phi) is 6.65. The number of hydrogen-bond acceptors (Lipinski definition) is 3. The SMILES string of the molecule is Cc1cc(Br)c(S(=O)(=O)NCCCS(C)=O)cc1Br. The van der Waals surface area contributed by atoms with Crippen LogP contribution in [0.15, 0.2) is 26.0 Å². The molecule has 108 valence electrons. The second-order valence-corrected chi connectivity index (χ2v) is 9.06. The lowest BCUT2D eigenvalue weighted by Gasteiger charge is -2.10. The van der Waals surface area contributed by atoms with Gasteiger partial charge >= 0.3 is 0 Å². The van der Waals surface area contributed by atoms with Gasteiger partial charge in [-0.25, -0.2) is 13.1 Å². The van der Waals surface area contributed by atoms with E-state index in [0.29, 0.717) is 16.6 Å². The summed E-state index contributed by atoms with van der Waals surface area (Å²) in [5.41, 5.74) is 0.951.